The van der Waals surface area contributed by atoms with Crippen molar-refractivity contribution in [3.05, 3.63) is 33.9 Å². The largest absolute Gasteiger partial charge is 0.395 e. The molecule has 0 bridgehead atoms. The van der Waals surface area contributed by atoms with Gasteiger partial charge in [-0.05, 0) is 12.1 Å². The van der Waals surface area contributed by atoms with Crippen LogP contribution in [0.1, 0.15) is 17.9 Å². The topological polar surface area (TPSA) is 116 Å². The monoisotopic (exact) mass is 309 g/mol. The van der Waals surface area contributed by atoms with E-state index in [1.54, 1.807) is 17.0 Å². The van der Waals surface area contributed by atoms with E-state index in [0.717, 1.165) is 0 Å². The molecule has 22 heavy (non-hydrogen) atoms. The van der Waals surface area contributed by atoms with Crippen molar-refractivity contribution in [3.63, 3.8) is 0 Å². The molecular formula is C14H19N3O5. The molecule has 2 rings (SSSR count). The van der Waals surface area contributed by atoms with Crippen molar-refractivity contribution >= 4 is 17.3 Å². The predicted octanol–water partition coefficient (Wildman–Crippen LogP) is -0.0107. The van der Waals surface area contributed by atoms with Crippen molar-refractivity contribution < 1.29 is 19.9 Å². The Kier molecular flexibility index (Phi) is 5.29. The Hall–Kier alpha value is -2.19. The minimum absolute atomic E-state index is 0.0156. The third-order valence-corrected chi connectivity index (χ3v) is 3.73. The van der Waals surface area contributed by atoms with Gasteiger partial charge in [-0.1, -0.05) is 0 Å². The summed E-state index contributed by atoms with van der Waals surface area (Å²) in [6.07, 6.45) is 0.226. The summed E-state index contributed by atoms with van der Waals surface area (Å²) in [5.41, 5.74) is 1.17. The molecule has 0 spiro atoms. The molecule has 1 heterocycles. The fraction of sp³-hybridized carbons (Fsp3) is 0.500. The van der Waals surface area contributed by atoms with E-state index in [0.29, 0.717) is 30.9 Å². The van der Waals surface area contributed by atoms with Crippen LogP contribution >= 0.6 is 0 Å². The molecule has 1 fully saturated rings. The molecule has 1 amide bonds. The van der Waals surface area contributed by atoms with Crippen molar-refractivity contribution in [2.45, 2.75) is 12.3 Å². The summed E-state index contributed by atoms with van der Waals surface area (Å²) in [4.78, 5) is 23.9. The number of hydrogen-bond acceptors (Lipinski definition) is 6. The SMILES string of the molecule is O=C1CC(c2cc(N(CCO)CCO)ccc2[N+](=O)[O-])CN1. The smallest absolute Gasteiger partial charge is 0.273 e. The zero-order valence-corrected chi connectivity index (χ0v) is 12.1. The van der Waals surface area contributed by atoms with Crippen molar-refractivity contribution in [1.29, 1.82) is 0 Å². The van der Waals surface area contributed by atoms with E-state index in [-0.39, 0.29) is 37.1 Å². The number of nitro benzene ring substituents is 1. The number of carbonyl (C=O) groups excluding carboxylic acids is 1. The fourth-order valence-electron chi connectivity index (χ4n) is 2.67. The van der Waals surface area contributed by atoms with Crippen molar-refractivity contribution in [2.75, 3.05) is 37.7 Å². The van der Waals surface area contributed by atoms with Crippen LogP contribution < -0.4 is 10.2 Å². The van der Waals surface area contributed by atoms with Gasteiger partial charge in [0.15, 0.2) is 0 Å². The van der Waals surface area contributed by atoms with Crippen LogP contribution in [0, 0.1) is 10.1 Å². The Morgan fingerprint density at radius 2 is 2.00 bits per heavy atom. The second kappa shape index (κ2) is 7.19. The Morgan fingerprint density at radius 3 is 2.50 bits per heavy atom. The molecule has 1 unspecified atom stereocenters. The lowest BCUT2D eigenvalue weighted by Crippen LogP contribution is -2.29. The average Bonchev–Trinajstić information content (AvgIpc) is 2.93. The predicted molar refractivity (Wildman–Crippen MR) is 79.8 cm³/mol. The van der Waals surface area contributed by atoms with Crippen LogP contribution in [0.2, 0.25) is 0 Å². The lowest BCUT2D eigenvalue weighted by atomic mass is 9.95. The van der Waals surface area contributed by atoms with Gasteiger partial charge in [0, 0.05) is 49.3 Å². The van der Waals surface area contributed by atoms with E-state index in [9.17, 15) is 14.9 Å². The fourth-order valence-corrected chi connectivity index (χ4v) is 2.67. The van der Waals surface area contributed by atoms with Gasteiger partial charge in [-0.15, -0.1) is 0 Å². The number of aliphatic hydroxyl groups is 2. The summed E-state index contributed by atoms with van der Waals surface area (Å²) < 4.78 is 0. The molecule has 0 aliphatic carbocycles. The summed E-state index contributed by atoms with van der Waals surface area (Å²) in [6.45, 7) is 0.841. The van der Waals surface area contributed by atoms with E-state index < -0.39 is 4.92 Å². The number of anilines is 1. The number of nitrogens with zero attached hydrogens (tertiary/aromatic N) is 2. The molecule has 1 aromatic rings. The minimum Gasteiger partial charge on any atom is -0.395 e. The first kappa shape index (κ1) is 16.2. The number of nitrogens with one attached hydrogen (secondary N) is 1. The Balaban J connectivity index is 2.37. The van der Waals surface area contributed by atoms with Gasteiger partial charge < -0.3 is 20.4 Å². The Morgan fingerprint density at radius 1 is 1.32 bits per heavy atom. The molecule has 0 saturated carbocycles. The summed E-state index contributed by atoms with van der Waals surface area (Å²) in [5, 5.41) is 32.1. The van der Waals surface area contributed by atoms with Gasteiger partial charge in [0.05, 0.1) is 18.1 Å². The highest BCUT2D eigenvalue weighted by Crippen LogP contribution is 2.34. The van der Waals surface area contributed by atoms with E-state index in [4.69, 9.17) is 10.2 Å². The highest BCUT2D eigenvalue weighted by atomic mass is 16.6. The molecule has 1 aliphatic heterocycles. The number of carbonyl (C=O) groups is 1. The maximum atomic E-state index is 11.4. The molecule has 1 aromatic carbocycles. The maximum Gasteiger partial charge on any atom is 0.273 e. The number of nitro groups is 1. The van der Waals surface area contributed by atoms with Crippen LogP contribution in [0.4, 0.5) is 11.4 Å². The standard InChI is InChI=1S/C14H19N3O5/c18-5-3-16(4-6-19)11-1-2-13(17(21)22)12(8-11)10-7-14(20)15-9-10/h1-2,8,10,18-19H,3-7,9H2,(H,15,20). The lowest BCUT2D eigenvalue weighted by molar-refractivity contribution is -0.385. The van der Waals surface area contributed by atoms with Crippen LogP contribution in [-0.2, 0) is 4.79 Å². The van der Waals surface area contributed by atoms with E-state index >= 15 is 0 Å². The van der Waals surface area contributed by atoms with Crippen LogP contribution in [0.3, 0.4) is 0 Å². The first-order chi connectivity index (χ1) is 10.6. The van der Waals surface area contributed by atoms with E-state index in [2.05, 4.69) is 5.32 Å². The van der Waals surface area contributed by atoms with Gasteiger partial charge >= 0.3 is 0 Å². The highest BCUT2D eigenvalue weighted by Gasteiger charge is 2.29. The van der Waals surface area contributed by atoms with Gasteiger partial charge in [0.25, 0.3) is 5.69 Å². The summed E-state index contributed by atoms with van der Waals surface area (Å²) in [7, 11) is 0. The second-order valence-corrected chi connectivity index (χ2v) is 5.14. The normalized spacial score (nSPS) is 17.4. The Labute approximate surface area is 127 Å². The first-order valence-electron chi connectivity index (χ1n) is 7.08. The third-order valence-electron chi connectivity index (χ3n) is 3.73. The third kappa shape index (κ3) is 3.52. The molecule has 120 valence electrons. The van der Waals surface area contributed by atoms with Crippen molar-refractivity contribution in [3.8, 4) is 0 Å². The molecular weight excluding hydrogens is 290 g/mol. The van der Waals surface area contributed by atoms with Crippen molar-refractivity contribution in [1.82, 2.24) is 5.32 Å². The van der Waals surface area contributed by atoms with E-state index in [1.807, 2.05) is 0 Å². The molecule has 1 saturated heterocycles. The second-order valence-electron chi connectivity index (χ2n) is 5.14. The number of hydrogen-bond donors (Lipinski definition) is 3. The zero-order chi connectivity index (χ0) is 16.1. The van der Waals surface area contributed by atoms with Crippen LogP contribution in [0.25, 0.3) is 0 Å². The minimum atomic E-state index is -0.454. The quantitative estimate of drug-likeness (QED) is 0.482. The number of benzene rings is 1. The summed E-state index contributed by atoms with van der Waals surface area (Å²) >= 11 is 0. The molecule has 3 N–H and O–H groups in total. The van der Waals surface area contributed by atoms with Crippen molar-refractivity contribution in [2.24, 2.45) is 0 Å². The number of aliphatic hydroxyl groups excluding tert-OH is 2. The first-order valence-corrected chi connectivity index (χ1v) is 7.08. The molecule has 1 aliphatic rings. The van der Waals surface area contributed by atoms with Crippen LogP contribution in [-0.4, -0.2) is 53.9 Å². The number of amides is 1. The van der Waals surface area contributed by atoms with Gasteiger partial charge in [0.2, 0.25) is 5.91 Å². The molecule has 1 atom stereocenters. The van der Waals surface area contributed by atoms with Gasteiger partial charge in [0.1, 0.15) is 0 Å². The lowest BCUT2D eigenvalue weighted by Gasteiger charge is -2.24. The van der Waals surface area contributed by atoms with Gasteiger partial charge in [-0.2, -0.15) is 0 Å². The number of rotatable bonds is 7. The molecule has 0 radical (unpaired) electrons. The molecule has 0 aromatic heterocycles. The maximum absolute atomic E-state index is 11.4. The van der Waals surface area contributed by atoms with Crippen LogP contribution in [0.5, 0.6) is 0 Å². The van der Waals surface area contributed by atoms with Gasteiger partial charge in [-0.3, -0.25) is 14.9 Å². The molecule has 8 nitrogen and oxygen atoms in total. The average molecular weight is 309 g/mol. The van der Waals surface area contributed by atoms with E-state index in [1.165, 1.54) is 6.07 Å². The highest BCUT2D eigenvalue weighted by molar-refractivity contribution is 5.80. The Bertz CT molecular complexity index is 557. The molecule has 8 heteroatoms. The summed E-state index contributed by atoms with van der Waals surface area (Å²) in [6, 6.07) is 4.68. The summed E-state index contributed by atoms with van der Waals surface area (Å²) in [5.74, 6) is -0.356. The van der Waals surface area contributed by atoms with Gasteiger partial charge in [-0.25, -0.2) is 0 Å². The zero-order valence-electron chi connectivity index (χ0n) is 12.1. The van der Waals surface area contributed by atoms with Crippen LogP contribution in [0.15, 0.2) is 18.2 Å².